The maximum atomic E-state index is 9.16. The zero-order valence-corrected chi connectivity index (χ0v) is 11.0. The first-order valence-electron chi connectivity index (χ1n) is 6.85. The SMILES string of the molecule is N#CCC1(c2ccccn2)CCC2(CC1)OCCO2. The molecule has 1 spiro atoms. The minimum Gasteiger partial charge on any atom is -0.348 e. The van der Waals surface area contributed by atoms with Crippen LogP contribution in [0.3, 0.4) is 0 Å². The monoisotopic (exact) mass is 258 g/mol. The molecule has 2 fully saturated rings. The molecule has 100 valence electrons. The number of aromatic nitrogens is 1. The van der Waals surface area contributed by atoms with E-state index in [9.17, 15) is 0 Å². The van der Waals surface area contributed by atoms with Crippen molar-refractivity contribution in [1.82, 2.24) is 4.98 Å². The first-order valence-corrected chi connectivity index (χ1v) is 6.85. The van der Waals surface area contributed by atoms with E-state index in [1.54, 1.807) is 6.20 Å². The van der Waals surface area contributed by atoms with Gasteiger partial charge in [0.05, 0.1) is 19.3 Å². The molecule has 2 aliphatic rings. The Kier molecular flexibility index (Phi) is 3.26. The fraction of sp³-hybridized carbons (Fsp3) is 0.600. The smallest absolute Gasteiger partial charge is 0.168 e. The normalized spacial score (nSPS) is 24.2. The molecule has 19 heavy (non-hydrogen) atoms. The number of nitrogens with zero attached hydrogens (tertiary/aromatic N) is 2. The van der Waals surface area contributed by atoms with Crippen LogP contribution in [-0.4, -0.2) is 24.0 Å². The van der Waals surface area contributed by atoms with E-state index in [4.69, 9.17) is 14.7 Å². The Morgan fingerprint density at radius 1 is 1.16 bits per heavy atom. The largest absolute Gasteiger partial charge is 0.348 e. The molecule has 2 heterocycles. The Labute approximate surface area is 113 Å². The molecule has 0 bridgehead atoms. The van der Waals surface area contributed by atoms with Gasteiger partial charge in [0.1, 0.15) is 0 Å². The van der Waals surface area contributed by atoms with Gasteiger partial charge in [0.15, 0.2) is 5.79 Å². The Bertz CT molecular complexity index is 465. The summed E-state index contributed by atoms with van der Waals surface area (Å²) >= 11 is 0. The van der Waals surface area contributed by atoms with Crippen molar-refractivity contribution < 1.29 is 9.47 Å². The van der Waals surface area contributed by atoms with Crippen LogP contribution in [0.25, 0.3) is 0 Å². The van der Waals surface area contributed by atoms with E-state index in [0.29, 0.717) is 19.6 Å². The molecule has 0 radical (unpaired) electrons. The first-order chi connectivity index (χ1) is 9.29. The molecule has 0 N–H and O–H groups in total. The van der Waals surface area contributed by atoms with Crippen molar-refractivity contribution in [2.75, 3.05) is 13.2 Å². The minimum atomic E-state index is -0.381. The van der Waals surface area contributed by atoms with Crippen LogP contribution in [-0.2, 0) is 14.9 Å². The van der Waals surface area contributed by atoms with Crippen LogP contribution in [0, 0.1) is 11.3 Å². The minimum absolute atomic E-state index is 0.128. The second-order valence-corrected chi connectivity index (χ2v) is 5.44. The number of nitriles is 1. The molecule has 4 heteroatoms. The highest BCUT2D eigenvalue weighted by Crippen LogP contribution is 2.47. The van der Waals surface area contributed by atoms with Crippen LogP contribution in [0.2, 0.25) is 0 Å². The maximum Gasteiger partial charge on any atom is 0.168 e. The van der Waals surface area contributed by atoms with Crippen molar-refractivity contribution in [3.63, 3.8) is 0 Å². The van der Waals surface area contributed by atoms with Crippen molar-refractivity contribution >= 4 is 0 Å². The van der Waals surface area contributed by atoms with Gasteiger partial charge in [-0.25, -0.2) is 0 Å². The molecule has 0 atom stereocenters. The second kappa shape index (κ2) is 4.92. The van der Waals surface area contributed by atoms with Gasteiger partial charge >= 0.3 is 0 Å². The van der Waals surface area contributed by atoms with E-state index in [0.717, 1.165) is 31.4 Å². The number of hydrogen-bond donors (Lipinski definition) is 0. The molecule has 1 aromatic heterocycles. The molecule has 0 amide bonds. The van der Waals surface area contributed by atoms with Gasteiger partial charge < -0.3 is 9.47 Å². The maximum absolute atomic E-state index is 9.16. The third kappa shape index (κ3) is 2.24. The quantitative estimate of drug-likeness (QED) is 0.818. The fourth-order valence-electron chi connectivity index (χ4n) is 3.25. The van der Waals surface area contributed by atoms with Gasteiger partial charge in [-0.3, -0.25) is 4.98 Å². The van der Waals surface area contributed by atoms with Crippen LogP contribution >= 0.6 is 0 Å². The van der Waals surface area contributed by atoms with E-state index in [-0.39, 0.29) is 11.2 Å². The topological polar surface area (TPSA) is 55.1 Å². The van der Waals surface area contributed by atoms with Gasteiger partial charge in [-0.2, -0.15) is 5.26 Å². The lowest BCUT2D eigenvalue weighted by atomic mass is 9.68. The highest BCUT2D eigenvalue weighted by molar-refractivity contribution is 5.21. The van der Waals surface area contributed by atoms with Crippen LogP contribution in [0.1, 0.15) is 37.8 Å². The fourth-order valence-corrected chi connectivity index (χ4v) is 3.25. The van der Waals surface area contributed by atoms with E-state index < -0.39 is 0 Å². The van der Waals surface area contributed by atoms with Crippen molar-refractivity contribution in [1.29, 1.82) is 5.26 Å². The summed E-state index contributed by atoms with van der Waals surface area (Å²) < 4.78 is 11.5. The first kappa shape index (κ1) is 12.6. The number of pyridine rings is 1. The van der Waals surface area contributed by atoms with Crippen molar-refractivity contribution in [3.8, 4) is 6.07 Å². The summed E-state index contributed by atoms with van der Waals surface area (Å²) in [6, 6.07) is 8.28. The average molecular weight is 258 g/mol. The predicted octanol–water partition coefficient (Wildman–Crippen LogP) is 2.55. The predicted molar refractivity (Wildman–Crippen MR) is 69.2 cm³/mol. The molecular formula is C15H18N2O2. The molecule has 1 aliphatic heterocycles. The van der Waals surface area contributed by atoms with Crippen LogP contribution in [0.15, 0.2) is 24.4 Å². The van der Waals surface area contributed by atoms with Crippen LogP contribution in [0.5, 0.6) is 0 Å². The van der Waals surface area contributed by atoms with Gasteiger partial charge in [0.2, 0.25) is 0 Å². The Hall–Kier alpha value is -1.44. The third-order valence-electron chi connectivity index (χ3n) is 4.41. The summed E-state index contributed by atoms with van der Waals surface area (Å²) in [4.78, 5) is 4.48. The average Bonchev–Trinajstić information content (AvgIpc) is 2.92. The summed E-state index contributed by atoms with van der Waals surface area (Å²) in [5.74, 6) is -0.381. The Morgan fingerprint density at radius 3 is 2.47 bits per heavy atom. The zero-order chi connectivity index (χ0) is 13.2. The van der Waals surface area contributed by atoms with E-state index >= 15 is 0 Å². The summed E-state index contributed by atoms with van der Waals surface area (Å²) in [7, 11) is 0. The molecule has 1 saturated heterocycles. The molecule has 1 aliphatic carbocycles. The van der Waals surface area contributed by atoms with E-state index in [2.05, 4.69) is 11.1 Å². The number of rotatable bonds is 2. The Balaban J connectivity index is 1.83. The molecule has 0 unspecified atom stereocenters. The molecule has 1 aromatic rings. The van der Waals surface area contributed by atoms with E-state index in [1.165, 1.54) is 0 Å². The lowest BCUT2D eigenvalue weighted by Gasteiger charge is -2.42. The second-order valence-electron chi connectivity index (χ2n) is 5.44. The van der Waals surface area contributed by atoms with Crippen molar-refractivity contribution in [2.45, 2.75) is 43.3 Å². The summed E-state index contributed by atoms with van der Waals surface area (Å²) in [6.07, 6.45) is 5.83. The van der Waals surface area contributed by atoms with Crippen LogP contribution < -0.4 is 0 Å². The van der Waals surface area contributed by atoms with Crippen molar-refractivity contribution in [2.24, 2.45) is 0 Å². The summed E-state index contributed by atoms with van der Waals surface area (Å²) in [5, 5.41) is 9.16. The third-order valence-corrected chi connectivity index (χ3v) is 4.41. The van der Waals surface area contributed by atoms with Gasteiger partial charge in [-0.1, -0.05) is 6.07 Å². The molecule has 1 saturated carbocycles. The zero-order valence-electron chi connectivity index (χ0n) is 11.0. The number of ether oxygens (including phenoxy) is 2. The Morgan fingerprint density at radius 2 is 1.89 bits per heavy atom. The molecular weight excluding hydrogens is 240 g/mol. The van der Waals surface area contributed by atoms with Crippen LogP contribution in [0.4, 0.5) is 0 Å². The van der Waals surface area contributed by atoms with Gasteiger partial charge in [0, 0.05) is 36.6 Å². The van der Waals surface area contributed by atoms with Gasteiger partial charge in [-0.05, 0) is 25.0 Å². The summed E-state index contributed by atoms with van der Waals surface area (Å²) in [6.45, 7) is 1.38. The standard InChI is InChI=1S/C15H18N2O2/c16-9-8-14(13-3-1-2-10-17-13)4-6-15(7-5-14)18-11-12-19-15/h1-3,10H,4-8,11-12H2. The summed E-state index contributed by atoms with van der Waals surface area (Å²) in [5.41, 5.74) is 0.903. The lowest BCUT2D eigenvalue weighted by molar-refractivity contribution is -0.185. The molecule has 4 nitrogen and oxygen atoms in total. The molecule has 3 rings (SSSR count). The van der Waals surface area contributed by atoms with Crippen molar-refractivity contribution in [3.05, 3.63) is 30.1 Å². The lowest BCUT2D eigenvalue weighted by Crippen LogP contribution is -2.42. The molecule has 0 aromatic carbocycles. The highest BCUT2D eigenvalue weighted by atomic mass is 16.7. The van der Waals surface area contributed by atoms with Gasteiger partial charge in [0.25, 0.3) is 0 Å². The number of hydrogen-bond acceptors (Lipinski definition) is 4. The van der Waals surface area contributed by atoms with E-state index in [1.807, 2.05) is 18.2 Å². The highest BCUT2D eigenvalue weighted by Gasteiger charge is 2.47. The van der Waals surface area contributed by atoms with Gasteiger partial charge in [-0.15, -0.1) is 0 Å².